The predicted molar refractivity (Wildman–Crippen MR) is 144 cm³/mol. The van der Waals surface area contributed by atoms with Crippen molar-refractivity contribution in [3.63, 3.8) is 0 Å². The number of nitrogens with one attached hydrogen (secondary N) is 1. The van der Waals surface area contributed by atoms with Crippen molar-refractivity contribution in [2.24, 2.45) is 0 Å². The van der Waals surface area contributed by atoms with Gasteiger partial charge in [-0.3, -0.25) is 4.79 Å². The molecule has 0 saturated heterocycles. The third kappa shape index (κ3) is 4.77. The molecule has 5 rings (SSSR count). The van der Waals surface area contributed by atoms with E-state index in [1.54, 1.807) is 6.07 Å². The summed E-state index contributed by atoms with van der Waals surface area (Å²) in [5.74, 6) is 0.00187. The maximum Gasteiger partial charge on any atom is 0.407 e. The molecule has 1 amide bonds. The molecule has 180 valence electrons. The number of aldehydes is 1. The summed E-state index contributed by atoms with van der Waals surface area (Å²) in [5.41, 5.74) is 7.11. The Hall–Kier alpha value is -3.54. The Labute approximate surface area is 219 Å². The van der Waals surface area contributed by atoms with Gasteiger partial charge >= 0.3 is 6.09 Å². The van der Waals surface area contributed by atoms with Crippen molar-refractivity contribution in [3.8, 4) is 11.1 Å². The second-order valence-corrected chi connectivity index (χ2v) is 10.1. The summed E-state index contributed by atoms with van der Waals surface area (Å²) in [4.78, 5) is 26.0. The van der Waals surface area contributed by atoms with E-state index in [9.17, 15) is 9.59 Å². The first-order chi connectivity index (χ1) is 17.6. The number of alkyl carbamates (subject to hydrolysis) is 1. The average molecular weight is 514 g/mol. The SMILES string of the molecule is Cc1c(Cl)ccc(Sc2ccccc2C=O)c1CNC(=O)OCC1c2ccccc2-c2ccccc21. The van der Waals surface area contributed by atoms with Crippen LogP contribution in [0.1, 0.15) is 38.5 Å². The van der Waals surface area contributed by atoms with Crippen LogP contribution in [0.2, 0.25) is 5.02 Å². The number of fused-ring (bicyclic) bond motifs is 3. The first kappa shape index (κ1) is 24.2. The van der Waals surface area contributed by atoms with Gasteiger partial charge in [0.05, 0.1) is 0 Å². The Morgan fingerprint density at radius 1 is 0.917 bits per heavy atom. The molecule has 1 N–H and O–H groups in total. The van der Waals surface area contributed by atoms with Gasteiger partial charge in [0.15, 0.2) is 6.29 Å². The second kappa shape index (κ2) is 10.6. The quantitative estimate of drug-likeness (QED) is 0.258. The molecule has 0 saturated carbocycles. The first-order valence-corrected chi connectivity index (χ1v) is 12.8. The van der Waals surface area contributed by atoms with Crippen LogP contribution in [0.3, 0.4) is 0 Å². The molecule has 6 heteroatoms. The normalized spacial score (nSPS) is 12.1. The zero-order valence-corrected chi connectivity index (χ0v) is 21.2. The van der Waals surface area contributed by atoms with Crippen LogP contribution >= 0.6 is 23.4 Å². The summed E-state index contributed by atoms with van der Waals surface area (Å²) in [6, 6.07) is 27.7. The van der Waals surface area contributed by atoms with E-state index in [-0.39, 0.29) is 19.1 Å². The molecular weight excluding hydrogens is 490 g/mol. The predicted octanol–water partition coefficient (Wildman–Crippen LogP) is 7.65. The number of carbonyl (C=O) groups is 2. The second-order valence-electron chi connectivity index (χ2n) is 8.59. The number of rotatable bonds is 7. The van der Waals surface area contributed by atoms with E-state index in [0.717, 1.165) is 27.2 Å². The zero-order valence-electron chi connectivity index (χ0n) is 19.7. The summed E-state index contributed by atoms with van der Waals surface area (Å²) >= 11 is 7.87. The summed E-state index contributed by atoms with van der Waals surface area (Å²) in [5, 5.41) is 3.51. The number of benzene rings is 4. The number of halogens is 1. The highest BCUT2D eigenvalue weighted by Crippen LogP contribution is 2.44. The largest absolute Gasteiger partial charge is 0.449 e. The van der Waals surface area contributed by atoms with Gasteiger partial charge in [0.25, 0.3) is 0 Å². The molecule has 0 fully saturated rings. The van der Waals surface area contributed by atoms with E-state index in [1.165, 1.54) is 34.0 Å². The van der Waals surface area contributed by atoms with Crippen LogP contribution in [0, 0.1) is 6.92 Å². The molecule has 1 aliphatic carbocycles. The topological polar surface area (TPSA) is 55.4 Å². The van der Waals surface area contributed by atoms with Crippen molar-refractivity contribution in [2.75, 3.05) is 6.61 Å². The lowest BCUT2D eigenvalue weighted by molar-refractivity contribution is 0.112. The van der Waals surface area contributed by atoms with Crippen LogP contribution in [0.15, 0.2) is 94.7 Å². The molecular formula is C30H24ClNO3S. The molecule has 4 aromatic carbocycles. The van der Waals surface area contributed by atoms with Gasteiger partial charge in [-0.2, -0.15) is 0 Å². The molecule has 0 bridgehead atoms. The number of carbonyl (C=O) groups excluding carboxylic acids is 2. The van der Waals surface area contributed by atoms with Gasteiger partial charge < -0.3 is 10.1 Å². The fourth-order valence-electron chi connectivity index (χ4n) is 4.62. The number of hydrogen-bond donors (Lipinski definition) is 1. The van der Waals surface area contributed by atoms with E-state index >= 15 is 0 Å². The molecule has 1 aliphatic rings. The summed E-state index contributed by atoms with van der Waals surface area (Å²) in [6.07, 6.45) is 0.361. The standard InChI is InChI=1S/C30H24ClNO3S/c1-19-25(29(15-14-27(19)31)36-28-13-7-2-8-20(28)17-33)16-32-30(34)35-18-26-23-11-5-3-9-21(23)22-10-4-6-12-24(22)26/h2-15,17,26H,16,18H2,1H3,(H,32,34). The van der Waals surface area contributed by atoms with E-state index in [2.05, 4.69) is 29.6 Å². The minimum absolute atomic E-state index is 0.00187. The Morgan fingerprint density at radius 3 is 2.25 bits per heavy atom. The van der Waals surface area contributed by atoms with Gasteiger partial charge in [0.1, 0.15) is 6.61 Å². The van der Waals surface area contributed by atoms with Gasteiger partial charge in [0, 0.05) is 32.8 Å². The van der Waals surface area contributed by atoms with Gasteiger partial charge in [0.2, 0.25) is 0 Å². The maximum atomic E-state index is 12.7. The average Bonchev–Trinajstić information content (AvgIpc) is 3.23. The Bertz CT molecular complexity index is 1410. The van der Waals surface area contributed by atoms with E-state index in [1.807, 2.05) is 61.5 Å². The molecule has 0 atom stereocenters. The highest BCUT2D eigenvalue weighted by Gasteiger charge is 2.29. The third-order valence-corrected chi connectivity index (χ3v) is 8.11. The third-order valence-electron chi connectivity index (χ3n) is 6.51. The molecule has 0 unspecified atom stereocenters. The monoisotopic (exact) mass is 513 g/mol. The van der Waals surface area contributed by atoms with Crippen LogP contribution < -0.4 is 5.32 Å². The van der Waals surface area contributed by atoms with Gasteiger partial charge in [-0.05, 0) is 58.5 Å². The summed E-state index contributed by atoms with van der Waals surface area (Å²) in [6.45, 7) is 2.43. The summed E-state index contributed by atoms with van der Waals surface area (Å²) < 4.78 is 5.69. The minimum Gasteiger partial charge on any atom is -0.449 e. The highest BCUT2D eigenvalue weighted by molar-refractivity contribution is 7.99. The van der Waals surface area contributed by atoms with Crippen molar-refractivity contribution in [3.05, 3.63) is 118 Å². The van der Waals surface area contributed by atoms with Gasteiger partial charge in [-0.15, -0.1) is 0 Å². The lowest BCUT2D eigenvalue weighted by Gasteiger charge is -2.17. The van der Waals surface area contributed by atoms with Crippen LogP contribution in [0.25, 0.3) is 11.1 Å². The maximum absolute atomic E-state index is 12.7. The highest BCUT2D eigenvalue weighted by atomic mass is 35.5. The van der Waals surface area contributed by atoms with Crippen molar-refractivity contribution >= 4 is 35.7 Å². The smallest absolute Gasteiger partial charge is 0.407 e. The lowest BCUT2D eigenvalue weighted by Crippen LogP contribution is -2.26. The molecule has 36 heavy (non-hydrogen) atoms. The van der Waals surface area contributed by atoms with Crippen LogP contribution in [0.4, 0.5) is 4.79 Å². The van der Waals surface area contributed by atoms with E-state index in [0.29, 0.717) is 10.6 Å². The van der Waals surface area contributed by atoms with Crippen molar-refractivity contribution in [2.45, 2.75) is 29.2 Å². The molecule has 0 spiro atoms. The van der Waals surface area contributed by atoms with E-state index in [4.69, 9.17) is 16.3 Å². The zero-order chi connectivity index (χ0) is 25.1. The van der Waals surface area contributed by atoms with Crippen molar-refractivity contribution in [1.82, 2.24) is 5.32 Å². The molecule has 4 nitrogen and oxygen atoms in total. The molecule has 4 aromatic rings. The Balaban J connectivity index is 1.29. The van der Waals surface area contributed by atoms with Crippen LogP contribution in [-0.4, -0.2) is 19.0 Å². The molecule has 0 radical (unpaired) electrons. The Morgan fingerprint density at radius 2 is 1.56 bits per heavy atom. The summed E-state index contributed by atoms with van der Waals surface area (Å²) in [7, 11) is 0. The fourth-order valence-corrected chi connectivity index (χ4v) is 5.90. The molecule has 0 aliphatic heterocycles. The first-order valence-electron chi connectivity index (χ1n) is 11.7. The molecule has 0 aromatic heterocycles. The number of hydrogen-bond acceptors (Lipinski definition) is 4. The minimum atomic E-state index is -0.486. The van der Waals surface area contributed by atoms with Gasteiger partial charge in [-0.1, -0.05) is 90.1 Å². The van der Waals surface area contributed by atoms with Crippen LogP contribution in [0.5, 0.6) is 0 Å². The van der Waals surface area contributed by atoms with Crippen molar-refractivity contribution < 1.29 is 14.3 Å². The van der Waals surface area contributed by atoms with E-state index < -0.39 is 6.09 Å². The number of amides is 1. The number of ether oxygens (including phenoxy) is 1. The lowest BCUT2D eigenvalue weighted by atomic mass is 9.98. The van der Waals surface area contributed by atoms with Gasteiger partial charge in [-0.25, -0.2) is 4.79 Å². The fraction of sp³-hybridized carbons (Fsp3) is 0.133. The van der Waals surface area contributed by atoms with Crippen LogP contribution in [-0.2, 0) is 11.3 Å². The van der Waals surface area contributed by atoms with Crippen molar-refractivity contribution in [1.29, 1.82) is 0 Å². The molecule has 0 heterocycles. The Kier molecular flexibility index (Phi) is 7.12.